The average Bonchev–Trinajstić information content (AvgIpc) is 2.82. The zero-order chi connectivity index (χ0) is 16.8. The van der Waals surface area contributed by atoms with Gasteiger partial charge >= 0.3 is 0 Å². The molecule has 5 heteroatoms. The Kier molecular flexibility index (Phi) is 5.88. The highest BCUT2D eigenvalue weighted by Gasteiger charge is 2.16. The molecule has 0 spiro atoms. The predicted octanol–water partition coefficient (Wildman–Crippen LogP) is 2.70. The standard InChI is InChI=1S/C19H27N5/c1-16(2)19-21-12-17(13-22-19)14-23-8-5-9-24(11-10-23)15-18-6-3-4-7-20-18/h3-4,6-7,12-13,16H,5,8-11,14-15H2,1-2H3. The Hall–Kier alpha value is -1.85. The van der Waals surface area contributed by atoms with E-state index in [1.54, 1.807) is 0 Å². The third-order valence-corrected chi connectivity index (χ3v) is 4.44. The molecule has 2 aromatic rings. The van der Waals surface area contributed by atoms with E-state index in [-0.39, 0.29) is 0 Å². The Balaban J connectivity index is 1.52. The summed E-state index contributed by atoms with van der Waals surface area (Å²) in [6, 6.07) is 6.14. The fraction of sp³-hybridized carbons (Fsp3) is 0.526. The Morgan fingerprint density at radius 1 is 0.917 bits per heavy atom. The third kappa shape index (κ3) is 4.82. The van der Waals surface area contributed by atoms with Gasteiger partial charge in [-0.1, -0.05) is 19.9 Å². The van der Waals surface area contributed by atoms with Crippen molar-refractivity contribution in [2.75, 3.05) is 26.2 Å². The van der Waals surface area contributed by atoms with Crippen LogP contribution in [0.5, 0.6) is 0 Å². The molecular formula is C19H27N5. The molecule has 1 fully saturated rings. The van der Waals surface area contributed by atoms with Crippen molar-refractivity contribution < 1.29 is 0 Å². The van der Waals surface area contributed by atoms with Crippen LogP contribution < -0.4 is 0 Å². The first-order valence-corrected chi connectivity index (χ1v) is 8.86. The van der Waals surface area contributed by atoms with Gasteiger partial charge in [0.25, 0.3) is 0 Å². The number of pyridine rings is 1. The molecule has 0 saturated carbocycles. The first-order chi connectivity index (χ1) is 11.7. The van der Waals surface area contributed by atoms with E-state index in [4.69, 9.17) is 0 Å². The predicted molar refractivity (Wildman–Crippen MR) is 95.5 cm³/mol. The monoisotopic (exact) mass is 325 g/mol. The molecule has 0 unspecified atom stereocenters. The number of aromatic nitrogens is 3. The maximum atomic E-state index is 4.48. The normalized spacial score (nSPS) is 17.1. The molecule has 128 valence electrons. The van der Waals surface area contributed by atoms with E-state index in [0.717, 1.165) is 50.8 Å². The highest BCUT2D eigenvalue weighted by molar-refractivity contribution is 5.07. The fourth-order valence-electron chi connectivity index (χ4n) is 3.06. The summed E-state index contributed by atoms with van der Waals surface area (Å²) in [5.74, 6) is 1.31. The van der Waals surface area contributed by atoms with Crippen LogP contribution in [0, 0.1) is 0 Å². The van der Waals surface area contributed by atoms with E-state index in [1.807, 2.05) is 24.7 Å². The lowest BCUT2D eigenvalue weighted by Gasteiger charge is -2.21. The molecule has 0 atom stereocenters. The smallest absolute Gasteiger partial charge is 0.130 e. The number of rotatable bonds is 5. The summed E-state index contributed by atoms with van der Waals surface area (Å²) in [4.78, 5) is 18.4. The van der Waals surface area contributed by atoms with Gasteiger partial charge in [-0.3, -0.25) is 14.8 Å². The second kappa shape index (κ2) is 8.31. The summed E-state index contributed by atoms with van der Waals surface area (Å²) in [5, 5.41) is 0. The van der Waals surface area contributed by atoms with Gasteiger partial charge < -0.3 is 0 Å². The van der Waals surface area contributed by atoms with Crippen LogP contribution in [0.3, 0.4) is 0 Å². The molecule has 0 bridgehead atoms. The van der Waals surface area contributed by atoms with Crippen LogP contribution in [-0.2, 0) is 13.1 Å². The minimum Gasteiger partial charge on any atom is -0.298 e. The maximum absolute atomic E-state index is 4.48. The zero-order valence-corrected chi connectivity index (χ0v) is 14.7. The van der Waals surface area contributed by atoms with Gasteiger partial charge in [0, 0.05) is 56.3 Å². The average molecular weight is 325 g/mol. The van der Waals surface area contributed by atoms with Gasteiger partial charge in [-0.15, -0.1) is 0 Å². The molecule has 0 radical (unpaired) electrons. The van der Waals surface area contributed by atoms with E-state index in [2.05, 4.69) is 50.7 Å². The molecule has 3 heterocycles. The highest BCUT2D eigenvalue weighted by Crippen LogP contribution is 2.12. The third-order valence-electron chi connectivity index (χ3n) is 4.44. The summed E-state index contributed by atoms with van der Waals surface area (Å²) < 4.78 is 0. The molecule has 5 nitrogen and oxygen atoms in total. The lowest BCUT2D eigenvalue weighted by atomic mass is 10.2. The molecule has 24 heavy (non-hydrogen) atoms. The van der Waals surface area contributed by atoms with Gasteiger partial charge in [-0.05, 0) is 31.6 Å². The highest BCUT2D eigenvalue weighted by atomic mass is 15.2. The van der Waals surface area contributed by atoms with Crippen LogP contribution in [0.1, 0.15) is 43.3 Å². The first kappa shape index (κ1) is 17.0. The van der Waals surface area contributed by atoms with Crippen LogP contribution in [0.15, 0.2) is 36.8 Å². The lowest BCUT2D eigenvalue weighted by molar-refractivity contribution is 0.245. The van der Waals surface area contributed by atoms with Crippen molar-refractivity contribution in [3.8, 4) is 0 Å². The van der Waals surface area contributed by atoms with Gasteiger partial charge in [-0.2, -0.15) is 0 Å². The lowest BCUT2D eigenvalue weighted by Crippen LogP contribution is -2.30. The van der Waals surface area contributed by atoms with E-state index in [1.165, 1.54) is 12.0 Å². The largest absolute Gasteiger partial charge is 0.298 e. The molecule has 2 aromatic heterocycles. The van der Waals surface area contributed by atoms with Gasteiger partial charge in [0.1, 0.15) is 5.82 Å². The Bertz CT molecular complexity index is 611. The van der Waals surface area contributed by atoms with Crippen LogP contribution in [-0.4, -0.2) is 50.9 Å². The van der Waals surface area contributed by atoms with E-state index in [9.17, 15) is 0 Å². The molecular weight excluding hydrogens is 298 g/mol. The van der Waals surface area contributed by atoms with Crippen molar-refractivity contribution in [3.63, 3.8) is 0 Å². The topological polar surface area (TPSA) is 45.2 Å². The SMILES string of the molecule is CC(C)c1ncc(CN2CCCN(Cc3ccccn3)CC2)cn1. The van der Waals surface area contributed by atoms with Crippen molar-refractivity contribution in [2.45, 2.75) is 39.3 Å². The quantitative estimate of drug-likeness (QED) is 0.846. The minimum absolute atomic E-state index is 0.386. The first-order valence-electron chi connectivity index (χ1n) is 8.86. The summed E-state index contributed by atoms with van der Waals surface area (Å²) in [5.41, 5.74) is 2.36. The van der Waals surface area contributed by atoms with E-state index < -0.39 is 0 Å². The van der Waals surface area contributed by atoms with Gasteiger partial charge in [0.2, 0.25) is 0 Å². The van der Waals surface area contributed by atoms with Crippen molar-refractivity contribution in [1.29, 1.82) is 0 Å². The summed E-state index contributed by atoms with van der Waals surface area (Å²) >= 11 is 0. The van der Waals surface area contributed by atoms with E-state index in [0.29, 0.717) is 5.92 Å². The second-order valence-electron chi connectivity index (χ2n) is 6.83. The fourth-order valence-corrected chi connectivity index (χ4v) is 3.06. The Morgan fingerprint density at radius 3 is 2.25 bits per heavy atom. The number of hydrogen-bond donors (Lipinski definition) is 0. The summed E-state index contributed by atoms with van der Waals surface area (Å²) in [6.07, 6.45) is 7.04. The van der Waals surface area contributed by atoms with Gasteiger partial charge in [0.05, 0.1) is 5.69 Å². The molecule has 1 saturated heterocycles. The minimum atomic E-state index is 0.386. The molecule has 0 amide bonds. The number of nitrogens with zero attached hydrogens (tertiary/aromatic N) is 5. The number of hydrogen-bond acceptors (Lipinski definition) is 5. The van der Waals surface area contributed by atoms with Gasteiger partial charge in [-0.25, -0.2) is 9.97 Å². The van der Waals surface area contributed by atoms with Crippen molar-refractivity contribution in [2.24, 2.45) is 0 Å². The van der Waals surface area contributed by atoms with Crippen LogP contribution in [0.2, 0.25) is 0 Å². The molecule has 0 aliphatic carbocycles. The molecule has 3 rings (SSSR count). The molecule has 0 N–H and O–H groups in total. The zero-order valence-electron chi connectivity index (χ0n) is 14.7. The summed E-state index contributed by atoms with van der Waals surface area (Å²) in [6.45, 7) is 10.6. The van der Waals surface area contributed by atoms with Crippen molar-refractivity contribution in [1.82, 2.24) is 24.8 Å². The summed E-state index contributed by atoms with van der Waals surface area (Å²) in [7, 11) is 0. The van der Waals surface area contributed by atoms with Gasteiger partial charge in [0.15, 0.2) is 0 Å². The Labute approximate surface area is 144 Å². The molecule has 0 aromatic carbocycles. The van der Waals surface area contributed by atoms with Crippen LogP contribution in [0.25, 0.3) is 0 Å². The second-order valence-corrected chi connectivity index (χ2v) is 6.83. The molecule has 1 aliphatic heterocycles. The molecule has 1 aliphatic rings. The van der Waals surface area contributed by atoms with Crippen molar-refractivity contribution in [3.05, 3.63) is 53.9 Å². The Morgan fingerprint density at radius 2 is 1.62 bits per heavy atom. The maximum Gasteiger partial charge on any atom is 0.130 e. The van der Waals surface area contributed by atoms with Crippen molar-refractivity contribution >= 4 is 0 Å². The van der Waals surface area contributed by atoms with Crippen LogP contribution >= 0.6 is 0 Å². The van der Waals surface area contributed by atoms with E-state index >= 15 is 0 Å². The van der Waals surface area contributed by atoms with Crippen LogP contribution in [0.4, 0.5) is 0 Å².